The highest BCUT2D eigenvalue weighted by atomic mass is 32.2. The summed E-state index contributed by atoms with van der Waals surface area (Å²) in [7, 11) is 0. The van der Waals surface area contributed by atoms with E-state index in [9.17, 15) is 0 Å². The molecule has 0 aromatic rings. The smallest absolute Gasteiger partial charge is 0.146 e. The molecular weight excluding hydrogens is 228 g/mol. The Morgan fingerprint density at radius 1 is 0.933 bits per heavy atom. The van der Waals surface area contributed by atoms with Crippen LogP contribution in [0.4, 0.5) is 0 Å². The van der Waals surface area contributed by atoms with Crippen LogP contribution >= 0.6 is 23.5 Å². The number of hydrogen-bond donors (Lipinski definition) is 0. The second-order valence-corrected chi connectivity index (χ2v) is 6.63. The first-order valence-corrected chi connectivity index (χ1v) is 7.92. The van der Waals surface area contributed by atoms with E-state index in [1.54, 1.807) is 0 Å². The Balaban J connectivity index is 0.000000112. The van der Waals surface area contributed by atoms with E-state index in [-0.39, 0.29) is 0 Å². The van der Waals surface area contributed by atoms with Gasteiger partial charge in [-0.1, -0.05) is 13.8 Å². The van der Waals surface area contributed by atoms with E-state index in [0.717, 1.165) is 25.0 Å². The lowest BCUT2D eigenvalue weighted by atomic mass is 10.4. The fourth-order valence-corrected chi connectivity index (χ4v) is 3.45. The van der Waals surface area contributed by atoms with Gasteiger partial charge >= 0.3 is 0 Å². The van der Waals surface area contributed by atoms with E-state index >= 15 is 0 Å². The van der Waals surface area contributed by atoms with Crippen molar-refractivity contribution in [2.75, 3.05) is 36.6 Å². The van der Waals surface area contributed by atoms with Gasteiger partial charge < -0.3 is 9.47 Å². The van der Waals surface area contributed by atoms with Crippen molar-refractivity contribution < 1.29 is 9.47 Å². The summed E-state index contributed by atoms with van der Waals surface area (Å²) < 4.78 is 9.44. The predicted octanol–water partition coefficient (Wildman–Crippen LogP) is 3.08. The average molecular weight is 250 g/mol. The number of thioether (sulfide) groups is 2. The van der Waals surface area contributed by atoms with Crippen molar-refractivity contribution in [1.82, 2.24) is 0 Å². The summed E-state index contributed by atoms with van der Waals surface area (Å²) in [6.45, 7) is 6.65. The van der Waals surface area contributed by atoms with Crippen LogP contribution in [0.3, 0.4) is 0 Å². The maximum absolute atomic E-state index is 4.72. The summed E-state index contributed by atoms with van der Waals surface area (Å²) in [5.74, 6) is 4.86. The van der Waals surface area contributed by atoms with Crippen molar-refractivity contribution in [1.29, 1.82) is 0 Å². The van der Waals surface area contributed by atoms with Crippen LogP contribution in [0.25, 0.3) is 0 Å². The van der Waals surface area contributed by atoms with Crippen LogP contribution in [0.5, 0.6) is 0 Å². The van der Waals surface area contributed by atoms with E-state index < -0.39 is 0 Å². The summed E-state index contributed by atoms with van der Waals surface area (Å²) >= 11 is 4.07. The minimum Gasteiger partial charge on any atom is -0.353 e. The van der Waals surface area contributed by atoms with Crippen LogP contribution < -0.4 is 0 Å². The molecule has 4 heteroatoms. The first-order chi connectivity index (χ1) is 7.30. The largest absolute Gasteiger partial charge is 0.353 e. The molecule has 2 atom stereocenters. The Hall–Kier alpha value is 0.620. The minimum absolute atomic E-state index is 0.500. The van der Waals surface area contributed by atoms with Gasteiger partial charge in [0.25, 0.3) is 0 Å². The molecule has 3 aliphatic rings. The van der Waals surface area contributed by atoms with Crippen LogP contribution in [0, 0.1) is 11.8 Å². The molecule has 2 saturated heterocycles. The van der Waals surface area contributed by atoms with Gasteiger partial charge in [-0.15, -0.1) is 0 Å². The summed E-state index contributed by atoms with van der Waals surface area (Å²) in [6.07, 6.45) is 1.47. The molecule has 3 rings (SSSR count). The molecule has 2 aliphatic heterocycles. The summed E-state index contributed by atoms with van der Waals surface area (Å²) in [4.78, 5) is 0. The van der Waals surface area contributed by atoms with Crippen LogP contribution in [-0.2, 0) is 9.47 Å². The molecule has 0 spiro atoms. The molecule has 1 saturated carbocycles. The van der Waals surface area contributed by atoms with Gasteiger partial charge in [0.15, 0.2) is 0 Å². The lowest BCUT2D eigenvalue weighted by Crippen LogP contribution is -1.79. The highest BCUT2D eigenvalue weighted by Gasteiger charge is 2.26. The number of hydrogen-bond acceptors (Lipinski definition) is 4. The highest BCUT2D eigenvalue weighted by Crippen LogP contribution is 2.36. The second kappa shape index (κ2) is 8.74. The number of ether oxygens (including phenoxy) is 2. The summed E-state index contributed by atoms with van der Waals surface area (Å²) in [6, 6.07) is 0. The molecule has 2 nitrogen and oxygen atoms in total. The third-order valence-corrected chi connectivity index (χ3v) is 5.17. The number of rotatable bonds is 0. The second-order valence-electron chi connectivity index (χ2n) is 4.06. The van der Waals surface area contributed by atoms with Crippen LogP contribution in [-0.4, -0.2) is 36.6 Å². The monoisotopic (exact) mass is 250 g/mol. The molecule has 0 aromatic carbocycles. The fourth-order valence-electron chi connectivity index (χ4n) is 1.10. The molecular formula is C11H22O2S2. The molecule has 2 heterocycles. The standard InChI is InChI=1S/C5H10.C3H6O2.C3H6S2/c1-4-3-5(4)2;2*1-2-5-3-4-1/h4-5H,3H2,1-2H3;2*1-3H2. The molecule has 1 aliphatic carbocycles. The summed E-state index contributed by atoms with van der Waals surface area (Å²) in [5.41, 5.74) is 0. The topological polar surface area (TPSA) is 18.5 Å². The zero-order valence-corrected chi connectivity index (χ0v) is 11.4. The molecule has 2 unspecified atom stereocenters. The van der Waals surface area contributed by atoms with Crippen molar-refractivity contribution in [3.05, 3.63) is 0 Å². The molecule has 90 valence electrons. The van der Waals surface area contributed by atoms with Crippen molar-refractivity contribution in [2.45, 2.75) is 20.3 Å². The average Bonchev–Trinajstić information content (AvgIpc) is 2.90. The maximum Gasteiger partial charge on any atom is 0.146 e. The lowest BCUT2D eigenvalue weighted by Gasteiger charge is -1.76. The Bertz CT molecular complexity index is 116. The van der Waals surface area contributed by atoms with Crippen LogP contribution in [0.15, 0.2) is 0 Å². The molecule has 0 amide bonds. The van der Waals surface area contributed by atoms with Gasteiger partial charge in [0.2, 0.25) is 0 Å². The van der Waals surface area contributed by atoms with Crippen LogP contribution in [0.1, 0.15) is 20.3 Å². The third-order valence-electron chi connectivity index (χ3n) is 2.59. The lowest BCUT2D eigenvalue weighted by molar-refractivity contribution is 0.0692. The SMILES string of the molecule is C1COCO1.C1CSCS1.CC1CC1C. The van der Waals surface area contributed by atoms with Gasteiger partial charge in [-0.2, -0.15) is 23.5 Å². The van der Waals surface area contributed by atoms with E-state index in [1.165, 1.54) is 23.0 Å². The van der Waals surface area contributed by atoms with E-state index in [4.69, 9.17) is 9.47 Å². The normalized spacial score (nSPS) is 32.4. The highest BCUT2D eigenvalue weighted by molar-refractivity contribution is 8.19. The summed E-state index contributed by atoms with van der Waals surface area (Å²) in [5, 5.41) is 1.33. The molecule has 0 radical (unpaired) electrons. The third kappa shape index (κ3) is 8.43. The van der Waals surface area contributed by atoms with Crippen LogP contribution in [0.2, 0.25) is 0 Å². The first kappa shape index (κ1) is 13.7. The Morgan fingerprint density at radius 3 is 1.53 bits per heavy atom. The molecule has 0 bridgehead atoms. The van der Waals surface area contributed by atoms with Gasteiger partial charge in [-0.25, -0.2) is 0 Å². The van der Waals surface area contributed by atoms with E-state index in [0.29, 0.717) is 6.79 Å². The fraction of sp³-hybridized carbons (Fsp3) is 1.00. The molecule has 15 heavy (non-hydrogen) atoms. The Morgan fingerprint density at radius 2 is 1.40 bits per heavy atom. The van der Waals surface area contributed by atoms with Crippen molar-refractivity contribution in [3.8, 4) is 0 Å². The van der Waals surface area contributed by atoms with Gasteiger partial charge in [0, 0.05) is 16.6 Å². The molecule has 0 N–H and O–H groups in total. The van der Waals surface area contributed by atoms with Gasteiger partial charge in [-0.05, 0) is 18.3 Å². The van der Waals surface area contributed by atoms with Gasteiger partial charge in [-0.3, -0.25) is 0 Å². The van der Waals surface area contributed by atoms with E-state index in [2.05, 4.69) is 13.8 Å². The quantitative estimate of drug-likeness (QED) is 0.657. The van der Waals surface area contributed by atoms with Crippen molar-refractivity contribution in [2.24, 2.45) is 11.8 Å². The van der Waals surface area contributed by atoms with Crippen molar-refractivity contribution >= 4 is 23.5 Å². The zero-order chi connectivity index (χ0) is 10.9. The molecule has 0 aromatic heterocycles. The first-order valence-electron chi connectivity index (χ1n) is 5.61. The van der Waals surface area contributed by atoms with Gasteiger partial charge in [0.1, 0.15) is 6.79 Å². The minimum atomic E-state index is 0.500. The van der Waals surface area contributed by atoms with Gasteiger partial charge in [0.05, 0.1) is 13.2 Å². The maximum atomic E-state index is 4.72. The van der Waals surface area contributed by atoms with Crippen molar-refractivity contribution in [3.63, 3.8) is 0 Å². The Kier molecular flexibility index (Phi) is 7.97. The predicted molar refractivity (Wildman–Crippen MR) is 69.5 cm³/mol. The zero-order valence-electron chi connectivity index (χ0n) is 9.74. The van der Waals surface area contributed by atoms with E-state index in [1.807, 2.05) is 23.5 Å². The Labute approximate surface area is 102 Å². The molecule has 3 fully saturated rings.